The fraction of sp³-hybridized carbons (Fsp3) is 0.632. The van der Waals surface area contributed by atoms with Crippen molar-refractivity contribution in [2.45, 2.75) is 77.2 Å². The first-order valence-electron chi connectivity index (χ1n) is 8.22. The van der Waals surface area contributed by atoms with Gasteiger partial charge in [-0.15, -0.1) is 0 Å². The molecule has 0 aromatic heterocycles. The molecule has 0 radical (unpaired) electrons. The second-order valence-corrected chi connectivity index (χ2v) is 5.28. The van der Waals surface area contributed by atoms with Crippen LogP contribution in [-0.2, 0) is 4.79 Å². The van der Waals surface area contributed by atoms with Crippen LogP contribution in [0.15, 0.2) is 12.2 Å². The number of hydrogen-bond acceptors (Lipinski definition) is 2. The lowest BCUT2D eigenvalue weighted by Gasteiger charge is -2.04. The van der Waals surface area contributed by atoms with E-state index < -0.39 is 12.1 Å². The molecular weight excluding hydrogens is 276 g/mol. The molecule has 3 heteroatoms. The first-order valence-corrected chi connectivity index (χ1v) is 8.22. The number of aliphatic hydroxyl groups excluding tert-OH is 1. The summed E-state index contributed by atoms with van der Waals surface area (Å²) in [7, 11) is 0. The minimum Gasteiger partial charge on any atom is -0.479 e. The number of rotatable bonds is 11. The number of allylic oxidation sites excluding steroid dienone is 2. The van der Waals surface area contributed by atoms with Crippen LogP contribution >= 0.6 is 0 Å². The third kappa shape index (κ3) is 14.7. The van der Waals surface area contributed by atoms with Crippen LogP contribution in [0.25, 0.3) is 0 Å². The van der Waals surface area contributed by atoms with Crippen LogP contribution in [0.1, 0.15) is 71.1 Å². The van der Waals surface area contributed by atoms with E-state index in [1.165, 1.54) is 12.8 Å². The third-order valence-electron chi connectivity index (χ3n) is 3.21. The van der Waals surface area contributed by atoms with E-state index in [4.69, 9.17) is 10.2 Å². The minimum atomic E-state index is -1.21. The fourth-order valence-corrected chi connectivity index (χ4v) is 1.87. The predicted molar refractivity (Wildman–Crippen MR) is 90.2 cm³/mol. The average Bonchev–Trinajstić information content (AvgIpc) is 2.50. The number of carboxylic acids is 1. The summed E-state index contributed by atoms with van der Waals surface area (Å²) in [6, 6.07) is 0. The van der Waals surface area contributed by atoms with Crippen molar-refractivity contribution in [3.8, 4) is 23.7 Å². The second kappa shape index (κ2) is 15.7. The summed E-state index contributed by atoms with van der Waals surface area (Å²) in [5.41, 5.74) is 0. The lowest BCUT2D eigenvalue weighted by atomic mass is 10.1. The maximum atomic E-state index is 10.4. The fourth-order valence-electron chi connectivity index (χ4n) is 1.87. The Kier molecular flexibility index (Phi) is 14.5. The van der Waals surface area contributed by atoms with Crippen LogP contribution in [0.2, 0.25) is 0 Å². The molecule has 0 saturated heterocycles. The van der Waals surface area contributed by atoms with Gasteiger partial charge in [0.25, 0.3) is 0 Å². The lowest BCUT2D eigenvalue weighted by Crippen LogP contribution is -2.18. The SMILES string of the molecule is CCCCCC#CC#C/C=C\CCCCCCC(O)C(=O)O. The summed E-state index contributed by atoms with van der Waals surface area (Å²) in [5, 5.41) is 17.6. The van der Waals surface area contributed by atoms with E-state index in [1.807, 2.05) is 12.2 Å². The molecule has 0 bridgehead atoms. The molecule has 2 N–H and O–H groups in total. The highest BCUT2D eigenvalue weighted by Crippen LogP contribution is 2.08. The Hall–Kier alpha value is -1.71. The summed E-state index contributed by atoms with van der Waals surface area (Å²) >= 11 is 0. The van der Waals surface area contributed by atoms with Crippen LogP contribution in [0.5, 0.6) is 0 Å². The van der Waals surface area contributed by atoms with Crippen molar-refractivity contribution in [3.05, 3.63) is 12.2 Å². The molecule has 0 aliphatic heterocycles. The third-order valence-corrected chi connectivity index (χ3v) is 3.21. The van der Waals surface area contributed by atoms with Gasteiger partial charge in [0.05, 0.1) is 0 Å². The number of unbranched alkanes of at least 4 members (excludes halogenated alkanes) is 7. The molecule has 0 aliphatic carbocycles. The predicted octanol–water partition coefficient (Wildman–Crippen LogP) is 3.92. The monoisotopic (exact) mass is 304 g/mol. The van der Waals surface area contributed by atoms with Gasteiger partial charge in [-0.25, -0.2) is 4.79 Å². The maximum absolute atomic E-state index is 10.4. The number of aliphatic carboxylic acids is 1. The van der Waals surface area contributed by atoms with E-state index in [-0.39, 0.29) is 0 Å². The normalized spacial score (nSPS) is 11.4. The molecule has 0 rings (SSSR count). The number of carboxylic acid groups (broad SMARTS) is 1. The van der Waals surface area contributed by atoms with Crippen LogP contribution in [0, 0.1) is 23.7 Å². The van der Waals surface area contributed by atoms with Gasteiger partial charge in [0.2, 0.25) is 0 Å². The summed E-state index contributed by atoms with van der Waals surface area (Å²) in [4.78, 5) is 10.4. The van der Waals surface area contributed by atoms with Crippen molar-refractivity contribution in [2.75, 3.05) is 0 Å². The van der Waals surface area contributed by atoms with Gasteiger partial charge in [0.15, 0.2) is 6.10 Å². The van der Waals surface area contributed by atoms with Crippen molar-refractivity contribution >= 4 is 5.97 Å². The first kappa shape index (κ1) is 20.3. The van der Waals surface area contributed by atoms with Crippen LogP contribution in [0.3, 0.4) is 0 Å². The molecule has 0 aliphatic rings. The Morgan fingerprint density at radius 3 is 2.59 bits per heavy atom. The molecule has 0 saturated carbocycles. The topological polar surface area (TPSA) is 57.5 Å². The molecular formula is C19H28O3. The molecule has 0 aromatic carbocycles. The van der Waals surface area contributed by atoms with E-state index in [1.54, 1.807) is 0 Å². The molecule has 3 nitrogen and oxygen atoms in total. The smallest absolute Gasteiger partial charge is 0.332 e. The Balaban J connectivity index is 3.46. The maximum Gasteiger partial charge on any atom is 0.332 e. The van der Waals surface area contributed by atoms with Crippen molar-refractivity contribution in [2.24, 2.45) is 0 Å². The van der Waals surface area contributed by atoms with Gasteiger partial charge in [-0.2, -0.15) is 0 Å². The number of aliphatic hydroxyl groups is 1. The van der Waals surface area contributed by atoms with Crippen LogP contribution in [0.4, 0.5) is 0 Å². The molecule has 0 heterocycles. The van der Waals surface area contributed by atoms with Crippen molar-refractivity contribution in [3.63, 3.8) is 0 Å². The van der Waals surface area contributed by atoms with Gasteiger partial charge < -0.3 is 10.2 Å². The molecule has 122 valence electrons. The van der Waals surface area contributed by atoms with Crippen molar-refractivity contribution in [1.82, 2.24) is 0 Å². The van der Waals surface area contributed by atoms with Crippen molar-refractivity contribution in [1.29, 1.82) is 0 Å². The minimum absolute atomic E-state index is 0.341. The van der Waals surface area contributed by atoms with Gasteiger partial charge in [-0.3, -0.25) is 0 Å². The van der Waals surface area contributed by atoms with E-state index in [0.29, 0.717) is 6.42 Å². The number of hydrogen-bond donors (Lipinski definition) is 2. The molecule has 22 heavy (non-hydrogen) atoms. The standard InChI is InChI=1S/C19H28O3/c1-2-3-4-5-6-7-8-9-10-11-12-13-14-15-16-17-18(20)19(21)22/h10-11,18,20H,2-5,12-17H2,1H3,(H,21,22)/b11-10-. The highest BCUT2D eigenvalue weighted by molar-refractivity contribution is 5.71. The average molecular weight is 304 g/mol. The quantitative estimate of drug-likeness (QED) is 0.449. The van der Waals surface area contributed by atoms with Gasteiger partial charge in [0, 0.05) is 6.42 Å². The van der Waals surface area contributed by atoms with E-state index in [9.17, 15) is 4.79 Å². The van der Waals surface area contributed by atoms with Gasteiger partial charge in [-0.05, 0) is 43.6 Å². The summed E-state index contributed by atoms with van der Waals surface area (Å²) in [6.07, 6.45) is 12.3. The molecule has 1 atom stereocenters. The second-order valence-electron chi connectivity index (χ2n) is 5.28. The molecule has 0 spiro atoms. The highest BCUT2D eigenvalue weighted by atomic mass is 16.4. The molecule has 0 aromatic rings. The van der Waals surface area contributed by atoms with Gasteiger partial charge in [-0.1, -0.05) is 56.9 Å². The van der Waals surface area contributed by atoms with Crippen LogP contribution < -0.4 is 0 Å². The summed E-state index contributed by atoms with van der Waals surface area (Å²) < 4.78 is 0. The van der Waals surface area contributed by atoms with E-state index >= 15 is 0 Å². The highest BCUT2D eigenvalue weighted by Gasteiger charge is 2.11. The zero-order valence-corrected chi connectivity index (χ0v) is 13.6. The number of carbonyl (C=O) groups is 1. The molecule has 0 amide bonds. The van der Waals surface area contributed by atoms with E-state index in [0.717, 1.165) is 44.9 Å². The molecule has 1 unspecified atom stereocenters. The van der Waals surface area contributed by atoms with Gasteiger partial charge in [0.1, 0.15) is 0 Å². The summed E-state index contributed by atoms with van der Waals surface area (Å²) in [5.74, 6) is 10.5. The zero-order chi connectivity index (χ0) is 16.5. The summed E-state index contributed by atoms with van der Waals surface area (Å²) in [6.45, 7) is 2.18. The zero-order valence-electron chi connectivity index (χ0n) is 13.6. The lowest BCUT2D eigenvalue weighted by molar-refractivity contribution is -0.146. The van der Waals surface area contributed by atoms with E-state index in [2.05, 4.69) is 30.6 Å². The largest absolute Gasteiger partial charge is 0.479 e. The Bertz CT molecular complexity index is 429. The van der Waals surface area contributed by atoms with Crippen LogP contribution in [-0.4, -0.2) is 22.3 Å². The Morgan fingerprint density at radius 2 is 1.86 bits per heavy atom. The Labute approximate surface area is 134 Å². The van der Waals surface area contributed by atoms with Gasteiger partial charge >= 0.3 is 5.97 Å². The molecule has 0 fully saturated rings. The first-order chi connectivity index (χ1) is 10.7. The van der Waals surface area contributed by atoms with Crippen molar-refractivity contribution < 1.29 is 15.0 Å². The Morgan fingerprint density at radius 1 is 1.09 bits per heavy atom.